The van der Waals surface area contributed by atoms with E-state index < -0.39 is 22.7 Å². The van der Waals surface area contributed by atoms with Crippen LogP contribution in [0.1, 0.15) is 54.1 Å². The van der Waals surface area contributed by atoms with Crippen LogP contribution < -0.4 is 0 Å². The Morgan fingerprint density at radius 1 is 1.21 bits per heavy atom. The van der Waals surface area contributed by atoms with Crippen molar-refractivity contribution in [3.63, 3.8) is 0 Å². The molecule has 3 atom stereocenters. The van der Waals surface area contributed by atoms with Gasteiger partial charge < -0.3 is 4.74 Å². The molecule has 28 heavy (non-hydrogen) atoms. The van der Waals surface area contributed by atoms with E-state index in [-0.39, 0.29) is 43.5 Å². The van der Waals surface area contributed by atoms with Crippen molar-refractivity contribution in [2.75, 3.05) is 13.2 Å². The van der Waals surface area contributed by atoms with E-state index in [1.54, 1.807) is 13.0 Å². The smallest absolute Gasteiger partial charge is 0.306 e. The summed E-state index contributed by atoms with van der Waals surface area (Å²) in [6, 6.07) is 5.60. The zero-order valence-corrected chi connectivity index (χ0v) is 16.0. The molecule has 0 spiro atoms. The predicted octanol–water partition coefficient (Wildman–Crippen LogP) is 2.80. The first-order valence-corrected chi connectivity index (χ1v) is 9.80. The quantitative estimate of drug-likeness (QED) is 0.308. The summed E-state index contributed by atoms with van der Waals surface area (Å²) < 4.78 is 5.09. The van der Waals surface area contributed by atoms with Crippen LogP contribution in [0.25, 0.3) is 0 Å². The molecule has 0 aliphatic heterocycles. The van der Waals surface area contributed by atoms with Gasteiger partial charge in [0.15, 0.2) is 12.4 Å². The number of nitro groups is 1. The second-order valence-electron chi connectivity index (χ2n) is 7.91. The van der Waals surface area contributed by atoms with Gasteiger partial charge in [-0.15, -0.1) is 0 Å². The van der Waals surface area contributed by atoms with Crippen LogP contribution in [0, 0.1) is 27.9 Å². The van der Waals surface area contributed by atoms with Gasteiger partial charge in [0.05, 0.1) is 6.42 Å². The molecule has 1 fully saturated rings. The highest BCUT2D eigenvalue weighted by atomic mass is 16.6. The van der Waals surface area contributed by atoms with Gasteiger partial charge in [-0.2, -0.15) is 0 Å². The molecule has 0 N–H and O–H groups in total. The molecule has 0 radical (unpaired) electrons. The summed E-state index contributed by atoms with van der Waals surface area (Å²) in [5.41, 5.74) is 2.97. The highest BCUT2D eigenvalue weighted by Crippen LogP contribution is 2.36. The number of ether oxygens (including phenoxy) is 1. The Balaban J connectivity index is 1.55. The molecule has 7 heteroatoms. The Morgan fingerprint density at radius 2 is 1.93 bits per heavy atom. The van der Waals surface area contributed by atoms with Crippen molar-refractivity contribution in [3.8, 4) is 0 Å². The second kappa shape index (κ2) is 8.63. The monoisotopic (exact) mass is 387 g/mol. The van der Waals surface area contributed by atoms with E-state index in [4.69, 9.17) is 4.74 Å². The molecule has 0 saturated heterocycles. The maximum Gasteiger partial charge on any atom is 0.306 e. The average molecular weight is 387 g/mol. The number of fused-ring (bicyclic) bond motifs is 1. The first-order chi connectivity index (χ1) is 13.3. The zero-order chi connectivity index (χ0) is 20.3. The molecule has 0 heterocycles. The lowest BCUT2D eigenvalue weighted by atomic mass is 9.88. The number of carbonyl (C=O) groups excluding carboxylic acids is 3. The lowest BCUT2D eigenvalue weighted by Crippen LogP contribution is -2.28. The molecule has 1 aromatic carbocycles. The van der Waals surface area contributed by atoms with E-state index in [2.05, 4.69) is 0 Å². The molecule has 3 rings (SSSR count). The van der Waals surface area contributed by atoms with Crippen LogP contribution in [0.5, 0.6) is 0 Å². The number of benzene rings is 1. The zero-order valence-electron chi connectivity index (χ0n) is 16.0. The number of hydrogen-bond donors (Lipinski definition) is 0. The van der Waals surface area contributed by atoms with Gasteiger partial charge >= 0.3 is 5.97 Å². The summed E-state index contributed by atoms with van der Waals surface area (Å²) in [4.78, 5) is 47.0. The highest BCUT2D eigenvalue weighted by Gasteiger charge is 2.44. The van der Waals surface area contributed by atoms with Crippen molar-refractivity contribution >= 4 is 17.5 Å². The summed E-state index contributed by atoms with van der Waals surface area (Å²) in [5.74, 6) is -2.38. The lowest BCUT2D eigenvalue weighted by molar-refractivity contribution is -0.490. The van der Waals surface area contributed by atoms with Crippen LogP contribution in [0.3, 0.4) is 0 Å². The summed E-state index contributed by atoms with van der Waals surface area (Å²) in [5, 5.41) is 10.8. The molecule has 1 aromatic rings. The predicted molar refractivity (Wildman–Crippen MR) is 101 cm³/mol. The molecule has 7 nitrogen and oxygen atoms in total. The number of hydrogen-bond acceptors (Lipinski definition) is 6. The fraction of sp³-hybridized carbons (Fsp3) is 0.571. The number of aryl methyl sites for hydroxylation is 2. The number of ketones is 2. The van der Waals surface area contributed by atoms with Crippen LogP contribution >= 0.6 is 0 Å². The lowest BCUT2D eigenvalue weighted by Gasteiger charge is -2.17. The third kappa shape index (κ3) is 4.64. The fourth-order valence-corrected chi connectivity index (χ4v) is 4.37. The number of carbonyl (C=O) groups is 3. The third-order valence-corrected chi connectivity index (χ3v) is 5.97. The molecule has 2 aliphatic carbocycles. The van der Waals surface area contributed by atoms with Gasteiger partial charge in [-0.1, -0.05) is 19.1 Å². The van der Waals surface area contributed by atoms with Crippen molar-refractivity contribution in [2.45, 2.75) is 45.4 Å². The maximum absolute atomic E-state index is 12.4. The summed E-state index contributed by atoms with van der Waals surface area (Å²) in [6.07, 6.45) is 4.28. The standard InChI is InChI=1S/C21H25NO6/c1-13-8-19(23)17(18(13)11-22(26)27)10-21(25)28-12-20(24)16-7-6-14-4-2-3-5-15(14)9-16/h6-7,9,13,17-18H,2-5,8,10-12H2,1H3/t13-,17-,18-/m1/s1. The van der Waals surface area contributed by atoms with Gasteiger partial charge in [0, 0.05) is 28.7 Å². The van der Waals surface area contributed by atoms with E-state index in [1.807, 2.05) is 12.1 Å². The van der Waals surface area contributed by atoms with E-state index in [0.29, 0.717) is 5.56 Å². The third-order valence-electron chi connectivity index (χ3n) is 5.97. The minimum atomic E-state index is -0.702. The Labute approximate surface area is 163 Å². The van der Waals surface area contributed by atoms with Crippen LogP contribution in [0.4, 0.5) is 0 Å². The van der Waals surface area contributed by atoms with Gasteiger partial charge in [-0.3, -0.25) is 24.5 Å². The molecular weight excluding hydrogens is 362 g/mol. The average Bonchev–Trinajstić information content (AvgIpc) is 2.92. The Morgan fingerprint density at radius 3 is 2.64 bits per heavy atom. The maximum atomic E-state index is 12.4. The molecule has 0 bridgehead atoms. The van der Waals surface area contributed by atoms with E-state index >= 15 is 0 Å². The summed E-state index contributed by atoms with van der Waals surface area (Å²) >= 11 is 0. The van der Waals surface area contributed by atoms with Crippen molar-refractivity contribution in [1.82, 2.24) is 0 Å². The van der Waals surface area contributed by atoms with Crippen molar-refractivity contribution in [2.24, 2.45) is 17.8 Å². The Hall–Kier alpha value is -2.57. The largest absolute Gasteiger partial charge is 0.457 e. The molecular formula is C21H25NO6. The SMILES string of the molecule is C[C@@H]1CC(=O)[C@H](CC(=O)OCC(=O)c2ccc3c(c2)CCCC3)[C@@H]1C[N+](=O)[O-]. The van der Waals surface area contributed by atoms with Crippen molar-refractivity contribution in [1.29, 1.82) is 0 Å². The van der Waals surface area contributed by atoms with Crippen LogP contribution in [0.2, 0.25) is 0 Å². The van der Waals surface area contributed by atoms with E-state index in [9.17, 15) is 24.5 Å². The summed E-state index contributed by atoms with van der Waals surface area (Å²) in [7, 11) is 0. The fourth-order valence-electron chi connectivity index (χ4n) is 4.37. The second-order valence-corrected chi connectivity index (χ2v) is 7.91. The Bertz CT molecular complexity index is 802. The van der Waals surface area contributed by atoms with Crippen LogP contribution in [-0.2, 0) is 27.2 Å². The minimum absolute atomic E-state index is 0.132. The molecule has 0 amide bonds. The normalized spacial score (nSPS) is 23.9. The van der Waals surface area contributed by atoms with Crippen molar-refractivity contribution in [3.05, 3.63) is 45.0 Å². The van der Waals surface area contributed by atoms with E-state index in [0.717, 1.165) is 25.7 Å². The molecule has 2 aliphatic rings. The number of esters is 1. The van der Waals surface area contributed by atoms with Gasteiger partial charge in [0.25, 0.3) is 0 Å². The molecule has 0 unspecified atom stereocenters. The van der Waals surface area contributed by atoms with Gasteiger partial charge in [-0.05, 0) is 48.8 Å². The van der Waals surface area contributed by atoms with Crippen LogP contribution in [-0.4, -0.2) is 35.6 Å². The van der Waals surface area contributed by atoms with Gasteiger partial charge in [0.2, 0.25) is 6.54 Å². The molecule has 1 saturated carbocycles. The van der Waals surface area contributed by atoms with Crippen molar-refractivity contribution < 1.29 is 24.0 Å². The highest BCUT2D eigenvalue weighted by molar-refractivity contribution is 5.98. The number of nitrogens with zero attached hydrogens (tertiary/aromatic N) is 1. The minimum Gasteiger partial charge on any atom is -0.457 e. The van der Waals surface area contributed by atoms with Gasteiger partial charge in [-0.25, -0.2) is 0 Å². The topological polar surface area (TPSA) is 104 Å². The first-order valence-electron chi connectivity index (χ1n) is 9.80. The first kappa shape index (κ1) is 20.2. The molecule has 150 valence electrons. The molecule has 0 aromatic heterocycles. The number of Topliss-reactive ketones (excluding diaryl/α,β-unsaturated/α-hetero) is 2. The Kier molecular flexibility index (Phi) is 6.21. The number of rotatable bonds is 7. The van der Waals surface area contributed by atoms with Gasteiger partial charge in [0.1, 0.15) is 5.78 Å². The summed E-state index contributed by atoms with van der Waals surface area (Å²) in [6.45, 7) is 1.07. The van der Waals surface area contributed by atoms with Crippen LogP contribution in [0.15, 0.2) is 18.2 Å². The van der Waals surface area contributed by atoms with E-state index in [1.165, 1.54) is 11.1 Å².